The van der Waals surface area contributed by atoms with Crippen LogP contribution in [-0.4, -0.2) is 43.2 Å². The predicted octanol–water partition coefficient (Wildman–Crippen LogP) is 4.72. The molecular formula is C25H24N2O5S. The molecule has 3 aromatic rings. The van der Waals surface area contributed by atoms with Crippen LogP contribution >= 0.6 is 11.3 Å². The molecule has 1 atom stereocenters. The average Bonchev–Trinajstić information content (AvgIpc) is 3.52. The number of benzene rings is 2. The molecule has 0 fully saturated rings. The summed E-state index contributed by atoms with van der Waals surface area (Å²) >= 11 is 1.59. The molecule has 7 nitrogen and oxygen atoms in total. The van der Waals surface area contributed by atoms with E-state index in [1.165, 1.54) is 11.9 Å². The zero-order valence-electron chi connectivity index (χ0n) is 18.6. The molecule has 1 aliphatic heterocycles. The lowest BCUT2D eigenvalue weighted by atomic mass is 10.0. The van der Waals surface area contributed by atoms with Crippen LogP contribution in [0.15, 0.2) is 65.1 Å². The topological polar surface area (TPSA) is 77.4 Å². The number of hydrazone groups is 1. The second-order valence-corrected chi connectivity index (χ2v) is 8.41. The summed E-state index contributed by atoms with van der Waals surface area (Å²) in [5, 5.41) is 8.12. The van der Waals surface area contributed by atoms with E-state index in [-0.39, 0.29) is 24.3 Å². The number of carbonyl (C=O) groups is 2. The number of ether oxygens (including phenoxy) is 3. The number of thiophene rings is 1. The van der Waals surface area contributed by atoms with Crippen molar-refractivity contribution in [1.29, 1.82) is 0 Å². The first-order valence-electron chi connectivity index (χ1n) is 10.4. The van der Waals surface area contributed by atoms with Gasteiger partial charge in [0.05, 0.1) is 30.9 Å². The van der Waals surface area contributed by atoms with E-state index in [1.807, 2.05) is 35.7 Å². The standard InChI is InChI=1S/C25H24N2O5S/c1-16(28)17-6-9-19(10-7-17)32-15-25(29)27-21(14-20(26-27)24-5-4-12-33-24)18-8-11-22(30-2)23(13-18)31-3/h4-13,21H,14-15H2,1-3H3/t21-/m0/s1. The van der Waals surface area contributed by atoms with Crippen molar-refractivity contribution in [3.05, 3.63) is 76.0 Å². The SMILES string of the molecule is COc1ccc([C@@H]2CC(c3cccs3)=NN2C(=O)COc2ccc(C(C)=O)cc2)cc1OC. The normalized spacial score (nSPS) is 15.2. The van der Waals surface area contributed by atoms with Gasteiger partial charge < -0.3 is 14.2 Å². The number of hydrogen-bond donors (Lipinski definition) is 0. The number of Topliss-reactive ketones (excluding diaryl/α,β-unsaturated/α-hetero) is 1. The van der Waals surface area contributed by atoms with Gasteiger partial charge >= 0.3 is 0 Å². The number of amides is 1. The Labute approximate surface area is 196 Å². The monoisotopic (exact) mass is 464 g/mol. The number of nitrogens with zero attached hydrogens (tertiary/aromatic N) is 2. The molecule has 0 bridgehead atoms. The van der Waals surface area contributed by atoms with E-state index >= 15 is 0 Å². The highest BCUT2D eigenvalue weighted by atomic mass is 32.1. The van der Waals surface area contributed by atoms with Gasteiger partial charge in [0.2, 0.25) is 0 Å². The van der Waals surface area contributed by atoms with Gasteiger partial charge in [-0.2, -0.15) is 5.10 Å². The fourth-order valence-corrected chi connectivity index (χ4v) is 4.37. The molecule has 1 aromatic heterocycles. The number of rotatable bonds is 8. The van der Waals surface area contributed by atoms with Gasteiger partial charge in [-0.1, -0.05) is 12.1 Å². The fraction of sp³-hybridized carbons (Fsp3) is 0.240. The zero-order valence-corrected chi connectivity index (χ0v) is 19.4. The first-order valence-corrected chi connectivity index (χ1v) is 11.3. The summed E-state index contributed by atoms with van der Waals surface area (Å²) in [5.41, 5.74) is 2.33. The molecule has 0 aliphatic carbocycles. The second kappa shape index (κ2) is 9.87. The van der Waals surface area contributed by atoms with E-state index in [1.54, 1.807) is 49.8 Å². The van der Waals surface area contributed by atoms with E-state index in [9.17, 15) is 9.59 Å². The van der Waals surface area contributed by atoms with Crippen molar-refractivity contribution in [3.8, 4) is 17.2 Å². The van der Waals surface area contributed by atoms with Crippen molar-refractivity contribution < 1.29 is 23.8 Å². The minimum atomic E-state index is -0.293. The van der Waals surface area contributed by atoms with Crippen molar-refractivity contribution >= 4 is 28.7 Å². The van der Waals surface area contributed by atoms with Crippen LogP contribution in [0.25, 0.3) is 0 Å². The lowest BCUT2D eigenvalue weighted by Gasteiger charge is -2.23. The molecule has 170 valence electrons. The first-order chi connectivity index (χ1) is 16.0. The van der Waals surface area contributed by atoms with Crippen LogP contribution in [0.3, 0.4) is 0 Å². The molecule has 4 rings (SSSR count). The quantitative estimate of drug-likeness (QED) is 0.451. The Morgan fingerprint density at radius 1 is 1.06 bits per heavy atom. The highest BCUT2D eigenvalue weighted by molar-refractivity contribution is 7.12. The van der Waals surface area contributed by atoms with Gasteiger partial charge in [-0.3, -0.25) is 9.59 Å². The third-order valence-corrected chi connectivity index (χ3v) is 6.31. The molecule has 8 heteroatoms. The molecule has 0 N–H and O–H groups in total. The molecule has 0 radical (unpaired) electrons. The summed E-state index contributed by atoms with van der Waals surface area (Å²) in [7, 11) is 3.17. The summed E-state index contributed by atoms with van der Waals surface area (Å²) in [5.74, 6) is 1.43. The van der Waals surface area contributed by atoms with Gasteiger partial charge in [0.15, 0.2) is 23.9 Å². The number of ketones is 1. The summed E-state index contributed by atoms with van der Waals surface area (Å²) in [6.45, 7) is 1.33. The molecule has 0 saturated heterocycles. The van der Waals surface area contributed by atoms with E-state index < -0.39 is 0 Å². The summed E-state index contributed by atoms with van der Waals surface area (Å²) in [6, 6.07) is 16.0. The van der Waals surface area contributed by atoms with Crippen LogP contribution in [0, 0.1) is 0 Å². The molecule has 0 unspecified atom stereocenters. The molecule has 0 saturated carbocycles. The van der Waals surface area contributed by atoms with E-state index in [0.29, 0.717) is 29.2 Å². The van der Waals surface area contributed by atoms with Crippen LogP contribution in [-0.2, 0) is 4.79 Å². The lowest BCUT2D eigenvalue weighted by Crippen LogP contribution is -2.31. The second-order valence-electron chi connectivity index (χ2n) is 7.47. The van der Waals surface area contributed by atoms with Gasteiger partial charge in [0.1, 0.15) is 5.75 Å². The van der Waals surface area contributed by atoms with Gasteiger partial charge in [0.25, 0.3) is 5.91 Å². The highest BCUT2D eigenvalue weighted by Crippen LogP contribution is 2.37. The maximum absolute atomic E-state index is 13.2. The smallest absolute Gasteiger partial charge is 0.281 e. The summed E-state index contributed by atoms with van der Waals surface area (Å²) in [4.78, 5) is 25.6. The summed E-state index contributed by atoms with van der Waals surface area (Å²) < 4.78 is 16.5. The third kappa shape index (κ3) is 4.90. The average molecular weight is 465 g/mol. The Kier molecular flexibility index (Phi) is 6.74. The van der Waals surface area contributed by atoms with Crippen LogP contribution in [0.5, 0.6) is 17.2 Å². The number of hydrogen-bond acceptors (Lipinski definition) is 7. The van der Waals surface area contributed by atoms with Gasteiger partial charge in [-0.15, -0.1) is 11.3 Å². The Morgan fingerprint density at radius 3 is 2.45 bits per heavy atom. The molecule has 0 spiro atoms. The van der Waals surface area contributed by atoms with Crippen LogP contribution in [0.4, 0.5) is 0 Å². The molecular weight excluding hydrogens is 440 g/mol. The Morgan fingerprint density at radius 2 is 1.82 bits per heavy atom. The number of carbonyl (C=O) groups excluding carboxylic acids is 2. The molecule has 1 amide bonds. The first kappa shape index (κ1) is 22.5. The minimum Gasteiger partial charge on any atom is -0.493 e. The van der Waals surface area contributed by atoms with Crippen molar-refractivity contribution in [1.82, 2.24) is 5.01 Å². The van der Waals surface area contributed by atoms with E-state index in [4.69, 9.17) is 14.2 Å². The third-order valence-electron chi connectivity index (χ3n) is 5.39. The lowest BCUT2D eigenvalue weighted by molar-refractivity contribution is -0.135. The molecule has 2 heterocycles. The van der Waals surface area contributed by atoms with E-state index in [0.717, 1.165) is 16.2 Å². The highest BCUT2D eigenvalue weighted by Gasteiger charge is 2.34. The van der Waals surface area contributed by atoms with Crippen LogP contribution < -0.4 is 14.2 Å². The predicted molar refractivity (Wildman–Crippen MR) is 127 cm³/mol. The van der Waals surface area contributed by atoms with Crippen molar-refractivity contribution in [2.45, 2.75) is 19.4 Å². The largest absolute Gasteiger partial charge is 0.493 e. The Hall–Kier alpha value is -3.65. The maximum Gasteiger partial charge on any atom is 0.281 e. The van der Waals surface area contributed by atoms with Crippen molar-refractivity contribution in [2.75, 3.05) is 20.8 Å². The summed E-state index contributed by atoms with van der Waals surface area (Å²) in [6.07, 6.45) is 0.578. The molecule has 2 aromatic carbocycles. The molecule has 1 aliphatic rings. The van der Waals surface area contributed by atoms with Crippen molar-refractivity contribution in [2.24, 2.45) is 5.10 Å². The maximum atomic E-state index is 13.2. The van der Waals surface area contributed by atoms with Crippen LogP contribution in [0.1, 0.15) is 40.2 Å². The Balaban J connectivity index is 1.56. The Bertz CT molecular complexity index is 1170. The minimum absolute atomic E-state index is 0.0251. The van der Waals surface area contributed by atoms with E-state index in [2.05, 4.69) is 5.10 Å². The number of methoxy groups -OCH3 is 2. The van der Waals surface area contributed by atoms with Crippen LogP contribution in [0.2, 0.25) is 0 Å². The van der Waals surface area contributed by atoms with Crippen molar-refractivity contribution in [3.63, 3.8) is 0 Å². The van der Waals surface area contributed by atoms with Gasteiger partial charge in [-0.25, -0.2) is 5.01 Å². The van der Waals surface area contributed by atoms with Gasteiger partial charge in [0, 0.05) is 12.0 Å². The van der Waals surface area contributed by atoms with Gasteiger partial charge in [-0.05, 0) is 60.3 Å². The zero-order chi connectivity index (χ0) is 23.4. The molecule has 33 heavy (non-hydrogen) atoms. The fourth-order valence-electron chi connectivity index (χ4n) is 3.65.